The Bertz CT molecular complexity index is 85.0. The molecule has 0 saturated heterocycles. The highest BCUT2D eigenvalue weighted by Gasteiger charge is 1.89. The molecule has 0 unspecified atom stereocenters. The van der Waals surface area contributed by atoms with Gasteiger partial charge >= 0.3 is 0 Å². The van der Waals surface area contributed by atoms with Gasteiger partial charge < -0.3 is 5.73 Å². The van der Waals surface area contributed by atoms with Gasteiger partial charge in [0.05, 0.1) is 0 Å². The molecule has 0 amide bonds. The van der Waals surface area contributed by atoms with Crippen LogP contribution in [0.4, 0.5) is 0 Å². The molecule has 9 heavy (non-hydrogen) atoms. The van der Waals surface area contributed by atoms with E-state index in [-0.39, 0.29) is 5.17 Å². The molecule has 4 heteroatoms. The number of nitrogens with one attached hydrogen (secondary N) is 1. The summed E-state index contributed by atoms with van der Waals surface area (Å²) in [5.41, 5.74) is 5.11. The SMILES string of the molecule is CCSCCSC(=N)N. The summed E-state index contributed by atoms with van der Waals surface area (Å²) in [6, 6.07) is 0. The lowest BCUT2D eigenvalue weighted by Gasteiger charge is -1.95. The number of nitrogens with two attached hydrogens (primary N) is 1. The van der Waals surface area contributed by atoms with Crippen molar-refractivity contribution < 1.29 is 0 Å². The molecule has 2 nitrogen and oxygen atoms in total. The molecule has 0 fully saturated rings. The van der Waals surface area contributed by atoms with Crippen LogP contribution in [0.5, 0.6) is 0 Å². The Balaban J connectivity index is 2.83. The highest BCUT2D eigenvalue weighted by atomic mass is 32.2. The summed E-state index contributed by atoms with van der Waals surface area (Å²) in [6.07, 6.45) is 0. The van der Waals surface area contributed by atoms with Gasteiger partial charge in [0.25, 0.3) is 0 Å². The van der Waals surface area contributed by atoms with Crippen LogP contribution in [0.25, 0.3) is 0 Å². The van der Waals surface area contributed by atoms with Crippen molar-refractivity contribution in [3.63, 3.8) is 0 Å². The van der Waals surface area contributed by atoms with E-state index in [1.807, 2.05) is 11.8 Å². The molecule has 0 aliphatic rings. The Hall–Kier alpha value is 0.170. The van der Waals surface area contributed by atoms with E-state index in [4.69, 9.17) is 11.1 Å². The van der Waals surface area contributed by atoms with E-state index >= 15 is 0 Å². The van der Waals surface area contributed by atoms with Crippen molar-refractivity contribution in [3.05, 3.63) is 0 Å². The van der Waals surface area contributed by atoms with Crippen molar-refractivity contribution in [1.29, 1.82) is 5.41 Å². The van der Waals surface area contributed by atoms with Crippen LogP contribution in [-0.2, 0) is 0 Å². The van der Waals surface area contributed by atoms with E-state index in [2.05, 4.69) is 6.92 Å². The fourth-order valence-corrected chi connectivity index (χ4v) is 1.67. The van der Waals surface area contributed by atoms with Gasteiger partial charge in [0.2, 0.25) is 0 Å². The van der Waals surface area contributed by atoms with Gasteiger partial charge in [-0.05, 0) is 5.75 Å². The molecular formula is C5H12N2S2. The number of rotatable bonds is 4. The average molecular weight is 164 g/mol. The summed E-state index contributed by atoms with van der Waals surface area (Å²) in [7, 11) is 0. The van der Waals surface area contributed by atoms with E-state index in [0.29, 0.717) is 0 Å². The summed E-state index contributed by atoms with van der Waals surface area (Å²) in [5.74, 6) is 3.22. The van der Waals surface area contributed by atoms with Crippen molar-refractivity contribution in [1.82, 2.24) is 0 Å². The predicted molar refractivity (Wildman–Crippen MR) is 47.4 cm³/mol. The molecule has 0 aromatic carbocycles. The quantitative estimate of drug-likeness (QED) is 0.375. The van der Waals surface area contributed by atoms with Gasteiger partial charge in [-0.2, -0.15) is 11.8 Å². The van der Waals surface area contributed by atoms with Crippen molar-refractivity contribution in [2.24, 2.45) is 5.73 Å². The van der Waals surface area contributed by atoms with E-state index in [1.54, 1.807) is 0 Å². The summed E-state index contributed by atoms with van der Waals surface area (Å²) < 4.78 is 0. The van der Waals surface area contributed by atoms with Gasteiger partial charge in [-0.25, -0.2) is 0 Å². The second-order valence-electron chi connectivity index (χ2n) is 1.41. The van der Waals surface area contributed by atoms with Crippen LogP contribution in [0, 0.1) is 5.41 Å². The van der Waals surface area contributed by atoms with Gasteiger partial charge in [-0.15, -0.1) is 0 Å². The van der Waals surface area contributed by atoms with Crippen molar-refractivity contribution in [2.75, 3.05) is 17.3 Å². The van der Waals surface area contributed by atoms with Crippen molar-refractivity contribution >= 4 is 28.7 Å². The zero-order valence-electron chi connectivity index (χ0n) is 5.52. The Labute approximate surface area is 64.5 Å². The molecule has 0 radical (unpaired) electrons. The summed E-state index contributed by atoms with van der Waals surface area (Å²) in [6.45, 7) is 2.13. The van der Waals surface area contributed by atoms with Crippen LogP contribution in [0.1, 0.15) is 6.92 Å². The van der Waals surface area contributed by atoms with Gasteiger partial charge in [0.1, 0.15) is 0 Å². The molecule has 0 rings (SSSR count). The lowest BCUT2D eigenvalue weighted by molar-refractivity contribution is 1.47. The fourth-order valence-electron chi connectivity index (χ4n) is 0.355. The molecule has 0 aromatic heterocycles. The first kappa shape index (κ1) is 9.17. The van der Waals surface area contributed by atoms with Crippen LogP contribution in [0.2, 0.25) is 0 Å². The molecule has 0 spiro atoms. The van der Waals surface area contributed by atoms with Crippen LogP contribution in [0.3, 0.4) is 0 Å². The molecule has 54 valence electrons. The average Bonchev–Trinajstić information content (AvgIpc) is 1.80. The molecular weight excluding hydrogens is 152 g/mol. The molecule has 0 heterocycles. The summed E-state index contributed by atoms with van der Waals surface area (Å²) >= 11 is 3.29. The molecule has 0 saturated carbocycles. The first-order valence-corrected chi connectivity index (χ1v) is 4.96. The molecule has 3 N–H and O–H groups in total. The van der Waals surface area contributed by atoms with E-state index in [9.17, 15) is 0 Å². The Morgan fingerprint density at radius 3 is 2.67 bits per heavy atom. The number of thioether (sulfide) groups is 2. The highest BCUT2D eigenvalue weighted by Crippen LogP contribution is 2.04. The molecule has 0 aliphatic heterocycles. The molecule has 0 aromatic rings. The van der Waals surface area contributed by atoms with Crippen LogP contribution >= 0.6 is 23.5 Å². The van der Waals surface area contributed by atoms with Crippen LogP contribution < -0.4 is 5.73 Å². The summed E-state index contributed by atoms with van der Waals surface area (Å²) in [4.78, 5) is 0. The Morgan fingerprint density at radius 2 is 2.22 bits per heavy atom. The Morgan fingerprint density at radius 1 is 1.56 bits per heavy atom. The maximum absolute atomic E-state index is 6.86. The first-order chi connectivity index (χ1) is 4.27. The third-order valence-corrected chi connectivity index (χ3v) is 2.57. The maximum Gasteiger partial charge on any atom is 0.151 e. The number of amidine groups is 1. The maximum atomic E-state index is 6.86. The molecule has 0 aliphatic carbocycles. The van der Waals surface area contributed by atoms with Gasteiger partial charge in [-0.1, -0.05) is 18.7 Å². The lowest BCUT2D eigenvalue weighted by atomic mass is 10.9. The smallest absolute Gasteiger partial charge is 0.151 e. The predicted octanol–water partition coefficient (Wildman–Crippen LogP) is 1.37. The first-order valence-electron chi connectivity index (χ1n) is 2.82. The van der Waals surface area contributed by atoms with E-state index in [0.717, 1.165) is 17.3 Å². The van der Waals surface area contributed by atoms with Gasteiger partial charge in [0, 0.05) is 11.5 Å². The minimum absolute atomic E-state index is 0.228. The normalized spacial score (nSPS) is 9.44. The third kappa shape index (κ3) is 8.17. The summed E-state index contributed by atoms with van der Waals surface area (Å²) in [5, 5.41) is 7.09. The largest absolute Gasteiger partial charge is 0.379 e. The van der Waals surface area contributed by atoms with E-state index in [1.165, 1.54) is 11.8 Å². The molecule has 0 atom stereocenters. The van der Waals surface area contributed by atoms with Gasteiger partial charge in [-0.3, -0.25) is 5.41 Å². The highest BCUT2D eigenvalue weighted by molar-refractivity contribution is 8.14. The Kier molecular flexibility index (Phi) is 6.41. The molecule has 0 bridgehead atoms. The number of hydrogen-bond acceptors (Lipinski definition) is 3. The third-order valence-electron chi connectivity index (χ3n) is 0.689. The van der Waals surface area contributed by atoms with Gasteiger partial charge in [0.15, 0.2) is 5.17 Å². The van der Waals surface area contributed by atoms with Crippen molar-refractivity contribution in [3.8, 4) is 0 Å². The monoisotopic (exact) mass is 164 g/mol. The second kappa shape index (κ2) is 6.29. The standard InChI is InChI=1S/C5H12N2S2/c1-2-8-3-4-9-5(6)7/h2-4H2,1H3,(H3,6,7). The topological polar surface area (TPSA) is 49.9 Å². The van der Waals surface area contributed by atoms with E-state index < -0.39 is 0 Å². The minimum Gasteiger partial charge on any atom is -0.379 e. The van der Waals surface area contributed by atoms with Crippen LogP contribution in [0.15, 0.2) is 0 Å². The van der Waals surface area contributed by atoms with Crippen LogP contribution in [-0.4, -0.2) is 22.4 Å². The number of hydrogen-bond donors (Lipinski definition) is 2. The lowest BCUT2D eigenvalue weighted by Crippen LogP contribution is -2.05. The zero-order valence-corrected chi connectivity index (χ0v) is 7.15. The zero-order chi connectivity index (χ0) is 7.11. The second-order valence-corrected chi connectivity index (χ2v) is 3.94. The fraction of sp³-hybridized carbons (Fsp3) is 0.800. The van der Waals surface area contributed by atoms with Crippen molar-refractivity contribution in [2.45, 2.75) is 6.92 Å². The minimum atomic E-state index is 0.228.